The van der Waals surface area contributed by atoms with E-state index in [2.05, 4.69) is 17.4 Å². The third-order valence-electron chi connectivity index (χ3n) is 3.49. The fraction of sp³-hybridized carbons (Fsp3) is 0.250. The number of benzene rings is 2. The summed E-state index contributed by atoms with van der Waals surface area (Å²) in [5.74, 6) is -0.205. The largest absolute Gasteiger partial charge is 0.376 e. The Morgan fingerprint density at radius 3 is 2.89 bits per heavy atom. The smallest absolute Gasteiger partial charge is 0.123 e. The van der Waals surface area contributed by atoms with E-state index in [-0.39, 0.29) is 11.9 Å². The van der Waals surface area contributed by atoms with Crippen molar-refractivity contribution in [1.82, 2.24) is 0 Å². The topological polar surface area (TPSA) is 21.3 Å². The van der Waals surface area contributed by atoms with Gasteiger partial charge in [-0.25, -0.2) is 4.39 Å². The number of rotatable bonds is 2. The minimum absolute atomic E-state index is 0.120. The Kier molecular flexibility index (Phi) is 3.22. The van der Waals surface area contributed by atoms with Crippen molar-refractivity contribution in [3.8, 4) is 0 Å². The molecule has 0 spiro atoms. The third kappa shape index (κ3) is 2.47. The second-order valence-electron chi connectivity index (χ2n) is 4.87. The Morgan fingerprint density at radius 1 is 1.21 bits per heavy atom. The van der Waals surface area contributed by atoms with Gasteiger partial charge in [-0.2, -0.15) is 0 Å². The molecule has 3 heteroatoms. The van der Waals surface area contributed by atoms with Gasteiger partial charge in [-0.3, -0.25) is 0 Å². The molecule has 0 radical (unpaired) electrons. The second-order valence-corrected chi connectivity index (χ2v) is 4.87. The average molecular weight is 257 g/mol. The van der Waals surface area contributed by atoms with Crippen LogP contribution in [0.25, 0.3) is 0 Å². The maximum atomic E-state index is 13.1. The molecule has 1 atom stereocenters. The molecule has 1 aliphatic heterocycles. The number of ether oxygens (including phenoxy) is 1. The van der Waals surface area contributed by atoms with Crippen LogP contribution in [0.3, 0.4) is 0 Å². The molecule has 0 saturated heterocycles. The number of halogens is 1. The van der Waals surface area contributed by atoms with Crippen molar-refractivity contribution in [3.63, 3.8) is 0 Å². The van der Waals surface area contributed by atoms with E-state index in [9.17, 15) is 4.39 Å². The fourth-order valence-electron chi connectivity index (χ4n) is 2.48. The molecule has 1 N–H and O–H groups in total. The Bertz CT molecular complexity index is 597. The second kappa shape index (κ2) is 5.02. The van der Waals surface area contributed by atoms with E-state index in [0.717, 1.165) is 11.3 Å². The average Bonchev–Trinajstić information content (AvgIpc) is 2.42. The molecule has 2 aromatic carbocycles. The molecule has 0 aliphatic carbocycles. The van der Waals surface area contributed by atoms with Gasteiger partial charge in [-0.05, 0) is 41.8 Å². The van der Waals surface area contributed by atoms with Crippen LogP contribution in [0.5, 0.6) is 0 Å². The monoisotopic (exact) mass is 257 g/mol. The molecule has 0 bridgehead atoms. The van der Waals surface area contributed by atoms with Gasteiger partial charge in [0.05, 0.1) is 19.3 Å². The van der Waals surface area contributed by atoms with Crippen LogP contribution in [0.2, 0.25) is 0 Å². The predicted octanol–water partition coefficient (Wildman–Crippen LogP) is 3.82. The van der Waals surface area contributed by atoms with Crippen molar-refractivity contribution in [1.29, 1.82) is 0 Å². The van der Waals surface area contributed by atoms with Crippen molar-refractivity contribution in [3.05, 3.63) is 65.0 Å². The molecule has 1 heterocycles. The van der Waals surface area contributed by atoms with Crippen LogP contribution < -0.4 is 5.32 Å². The van der Waals surface area contributed by atoms with E-state index in [1.165, 1.54) is 23.3 Å². The predicted molar refractivity (Wildman–Crippen MR) is 73.6 cm³/mol. The van der Waals surface area contributed by atoms with Gasteiger partial charge >= 0.3 is 0 Å². The SMILES string of the molecule is Cc1cc(F)ccc1NC1COCc2ccccc21. The van der Waals surface area contributed by atoms with Gasteiger partial charge in [0.1, 0.15) is 5.82 Å². The van der Waals surface area contributed by atoms with Gasteiger partial charge in [0, 0.05) is 5.69 Å². The zero-order chi connectivity index (χ0) is 13.2. The molecule has 0 fully saturated rings. The highest BCUT2D eigenvalue weighted by Gasteiger charge is 2.20. The summed E-state index contributed by atoms with van der Waals surface area (Å²) in [6.45, 7) is 3.20. The quantitative estimate of drug-likeness (QED) is 0.883. The standard InChI is InChI=1S/C16H16FNO/c1-11-8-13(17)6-7-15(11)18-16-10-19-9-12-4-2-3-5-14(12)16/h2-8,16,18H,9-10H2,1H3. The maximum absolute atomic E-state index is 13.1. The van der Waals surface area contributed by atoms with Gasteiger partial charge in [0.2, 0.25) is 0 Å². The number of nitrogens with one attached hydrogen (secondary N) is 1. The number of fused-ring (bicyclic) bond motifs is 1. The van der Waals surface area contributed by atoms with Gasteiger partial charge in [-0.15, -0.1) is 0 Å². The summed E-state index contributed by atoms with van der Waals surface area (Å²) >= 11 is 0. The van der Waals surface area contributed by atoms with Crippen molar-refractivity contribution in [2.45, 2.75) is 19.6 Å². The number of hydrogen-bond acceptors (Lipinski definition) is 2. The van der Waals surface area contributed by atoms with Crippen LogP contribution in [0.4, 0.5) is 10.1 Å². The van der Waals surface area contributed by atoms with Crippen molar-refractivity contribution in [2.24, 2.45) is 0 Å². The summed E-state index contributed by atoms with van der Waals surface area (Å²) < 4.78 is 18.7. The van der Waals surface area contributed by atoms with Gasteiger partial charge in [0.15, 0.2) is 0 Å². The molecule has 0 aromatic heterocycles. The Balaban J connectivity index is 1.88. The summed E-state index contributed by atoms with van der Waals surface area (Å²) in [4.78, 5) is 0. The molecule has 0 amide bonds. The Labute approximate surface area is 112 Å². The van der Waals surface area contributed by atoms with Crippen LogP contribution in [0.1, 0.15) is 22.7 Å². The first kappa shape index (κ1) is 12.2. The molecule has 2 nitrogen and oxygen atoms in total. The highest BCUT2D eigenvalue weighted by Crippen LogP contribution is 2.29. The summed E-state index contributed by atoms with van der Waals surface area (Å²) in [6.07, 6.45) is 0. The van der Waals surface area contributed by atoms with Crippen LogP contribution >= 0.6 is 0 Å². The lowest BCUT2D eigenvalue weighted by atomic mass is 9.98. The normalized spacial score (nSPS) is 17.9. The molecule has 2 aromatic rings. The number of anilines is 1. The molecular formula is C16H16FNO. The molecule has 19 heavy (non-hydrogen) atoms. The van der Waals surface area contributed by atoms with Gasteiger partial charge in [0.25, 0.3) is 0 Å². The van der Waals surface area contributed by atoms with Gasteiger partial charge < -0.3 is 10.1 Å². The van der Waals surface area contributed by atoms with E-state index >= 15 is 0 Å². The first-order chi connectivity index (χ1) is 9.24. The minimum atomic E-state index is -0.205. The zero-order valence-electron chi connectivity index (χ0n) is 10.8. The third-order valence-corrected chi connectivity index (χ3v) is 3.49. The van der Waals surface area contributed by atoms with Crippen molar-refractivity contribution < 1.29 is 9.13 Å². The maximum Gasteiger partial charge on any atom is 0.123 e. The summed E-state index contributed by atoms with van der Waals surface area (Å²) in [5, 5.41) is 3.44. The Morgan fingerprint density at radius 2 is 2.05 bits per heavy atom. The van der Waals surface area contributed by atoms with Crippen LogP contribution in [0, 0.1) is 12.7 Å². The summed E-state index contributed by atoms with van der Waals surface area (Å²) in [5.41, 5.74) is 4.33. The van der Waals surface area contributed by atoms with Crippen molar-refractivity contribution >= 4 is 5.69 Å². The summed E-state index contributed by atoms with van der Waals surface area (Å²) in [6, 6.07) is 13.2. The zero-order valence-corrected chi connectivity index (χ0v) is 10.8. The summed E-state index contributed by atoms with van der Waals surface area (Å²) in [7, 11) is 0. The molecule has 98 valence electrons. The van der Waals surface area contributed by atoms with Crippen molar-refractivity contribution in [2.75, 3.05) is 11.9 Å². The molecule has 1 aliphatic rings. The Hall–Kier alpha value is -1.87. The van der Waals surface area contributed by atoms with Crippen LogP contribution in [-0.2, 0) is 11.3 Å². The lowest BCUT2D eigenvalue weighted by Gasteiger charge is -2.28. The van der Waals surface area contributed by atoms with E-state index < -0.39 is 0 Å². The van der Waals surface area contributed by atoms with E-state index in [1.807, 2.05) is 19.1 Å². The molecular weight excluding hydrogens is 241 g/mol. The first-order valence-corrected chi connectivity index (χ1v) is 6.42. The highest BCUT2D eigenvalue weighted by atomic mass is 19.1. The van der Waals surface area contributed by atoms with E-state index in [1.54, 1.807) is 6.07 Å². The lowest BCUT2D eigenvalue weighted by Crippen LogP contribution is -2.23. The number of hydrogen-bond donors (Lipinski definition) is 1. The lowest BCUT2D eigenvalue weighted by molar-refractivity contribution is 0.0970. The van der Waals surface area contributed by atoms with Gasteiger partial charge in [-0.1, -0.05) is 24.3 Å². The van der Waals surface area contributed by atoms with E-state index in [0.29, 0.717) is 13.2 Å². The van der Waals surface area contributed by atoms with E-state index in [4.69, 9.17) is 4.74 Å². The highest BCUT2D eigenvalue weighted by molar-refractivity contribution is 5.53. The molecule has 3 rings (SSSR count). The molecule has 0 saturated carbocycles. The molecule has 1 unspecified atom stereocenters. The minimum Gasteiger partial charge on any atom is -0.376 e. The van der Waals surface area contributed by atoms with Crippen LogP contribution in [-0.4, -0.2) is 6.61 Å². The fourth-order valence-corrected chi connectivity index (χ4v) is 2.48. The number of aryl methyl sites for hydroxylation is 1. The van der Waals surface area contributed by atoms with Crippen LogP contribution in [0.15, 0.2) is 42.5 Å². The first-order valence-electron chi connectivity index (χ1n) is 6.42.